The number of sulfonamides is 1. The molecule has 0 aliphatic carbocycles. The van der Waals surface area contributed by atoms with Crippen LogP contribution in [0.15, 0.2) is 29.4 Å². The molecule has 0 saturated carbocycles. The van der Waals surface area contributed by atoms with Crippen LogP contribution in [0.4, 0.5) is 0 Å². The van der Waals surface area contributed by atoms with Gasteiger partial charge in [-0.05, 0) is 19.2 Å². The molecule has 0 aliphatic heterocycles. The summed E-state index contributed by atoms with van der Waals surface area (Å²) in [5.74, 6) is 0. The molecular formula is C12H19N5O2S. The normalized spacial score (nSPS) is 11.9. The van der Waals surface area contributed by atoms with Crippen molar-refractivity contribution in [3.63, 3.8) is 0 Å². The van der Waals surface area contributed by atoms with Crippen molar-refractivity contribution >= 4 is 10.0 Å². The van der Waals surface area contributed by atoms with Gasteiger partial charge >= 0.3 is 0 Å². The third-order valence-corrected chi connectivity index (χ3v) is 4.43. The monoisotopic (exact) mass is 297 g/mol. The number of hydrogen-bond donors (Lipinski definition) is 3. The predicted molar refractivity (Wildman–Crippen MR) is 75.7 cm³/mol. The molecule has 110 valence electrons. The average Bonchev–Trinajstić information content (AvgIpc) is 3.00. The molecule has 7 nitrogen and oxygen atoms in total. The van der Waals surface area contributed by atoms with Gasteiger partial charge in [-0.2, -0.15) is 5.10 Å². The van der Waals surface area contributed by atoms with E-state index in [1.807, 2.05) is 13.1 Å². The highest BCUT2D eigenvalue weighted by Crippen LogP contribution is 2.10. The second-order valence-electron chi connectivity index (χ2n) is 4.48. The molecule has 2 aromatic rings. The van der Waals surface area contributed by atoms with Gasteiger partial charge in [-0.15, -0.1) is 0 Å². The third-order valence-electron chi connectivity index (χ3n) is 2.99. The van der Waals surface area contributed by atoms with E-state index < -0.39 is 10.0 Å². The van der Waals surface area contributed by atoms with Crippen LogP contribution >= 0.6 is 0 Å². The summed E-state index contributed by atoms with van der Waals surface area (Å²) < 4.78 is 28.5. The molecule has 0 aliphatic rings. The Morgan fingerprint density at radius 2 is 2.25 bits per heavy atom. The second kappa shape index (κ2) is 6.21. The molecule has 3 N–H and O–H groups in total. The molecule has 0 bridgehead atoms. The Balaban J connectivity index is 1.95. The van der Waals surface area contributed by atoms with Gasteiger partial charge in [0.25, 0.3) is 0 Å². The van der Waals surface area contributed by atoms with Crippen LogP contribution in [0.25, 0.3) is 0 Å². The van der Waals surface area contributed by atoms with Crippen LogP contribution in [0.1, 0.15) is 11.4 Å². The number of aromatic nitrogens is 3. The minimum Gasteiger partial charge on any atom is -0.363 e. The first-order valence-corrected chi connectivity index (χ1v) is 7.79. The van der Waals surface area contributed by atoms with E-state index in [4.69, 9.17) is 0 Å². The van der Waals surface area contributed by atoms with E-state index in [1.54, 1.807) is 24.0 Å². The van der Waals surface area contributed by atoms with Gasteiger partial charge < -0.3 is 10.3 Å². The maximum Gasteiger partial charge on any atom is 0.242 e. The topological polar surface area (TPSA) is 91.8 Å². The van der Waals surface area contributed by atoms with Crippen LogP contribution in [0, 0.1) is 0 Å². The van der Waals surface area contributed by atoms with Gasteiger partial charge in [0.1, 0.15) is 0 Å². The molecule has 2 aromatic heterocycles. The lowest BCUT2D eigenvalue weighted by atomic mass is 10.3. The fourth-order valence-electron chi connectivity index (χ4n) is 1.91. The molecule has 0 atom stereocenters. The van der Waals surface area contributed by atoms with E-state index in [9.17, 15) is 8.42 Å². The van der Waals surface area contributed by atoms with Crippen molar-refractivity contribution in [2.75, 3.05) is 13.6 Å². The van der Waals surface area contributed by atoms with Crippen molar-refractivity contribution in [1.82, 2.24) is 24.8 Å². The molecule has 0 radical (unpaired) electrons. The molecule has 20 heavy (non-hydrogen) atoms. The Kier molecular flexibility index (Phi) is 4.58. The summed E-state index contributed by atoms with van der Waals surface area (Å²) in [4.78, 5) is 3.19. The number of aromatic amines is 1. The van der Waals surface area contributed by atoms with Gasteiger partial charge in [0.2, 0.25) is 10.0 Å². The standard InChI is InChI=1S/C12H19N5O2S/c1-13-8-10-7-12(9-14-10)20(18,19)16-6-4-11-3-5-15-17(11)2/h3,5,7,9,13-14,16H,4,6,8H2,1-2H3. The van der Waals surface area contributed by atoms with Crippen molar-refractivity contribution in [2.45, 2.75) is 17.9 Å². The lowest BCUT2D eigenvalue weighted by molar-refractivity contribution is 0.580. The van der Waals surface area contributed by atoms with Gasteiger partial charge in [-0.1, -0.05) is 0 Å². The first kappa shape index (κ1) is 14.8. The lowest BCUT2D eigenvalue weighted by Crippen LogP contribution is -2.26. The first-order valence-electron chi connectivity index (χ1n) is 6.31. The Hall–Kier alpha value is -1.64. The maximum atomic E-state index is 12.1. The minimum absolute atomic E-state index is 0.257. The van der Waals surface area contributed by atoms with E-state index in [0.29, 0.717) is 19.5 Å². The van der Waals surface area contributed by atoms with E-state index in [2.05, 4.69) is 20.1 Å². The van der Waals surface area contributed by atoms with E-state index in [1.165, 1.54) is 6.20 Å². The quantitative estimate of drug-likeness (QED) is 0.670. The molecule has 2 heterocycles. The van der Waals surface area contributed by atoms with Gasteiger partial charge in [0.15, 0.2) is 0 Å². The van der Waals surface area contributed by atoms with Gasteiger partial charge in [0.05, 0.1) is 4.90 Å². The molecule has 0 amide bonds. The number of rotatable bonds is 7. The summed E-state index contributed by atoms with van der Waals surface area (Å²) >= 11 is 0. The van der Waals surface area contributed by atoms with E-state index in [-0.39, 0.29) is 4.90 Å². The molecule has 0 aromatic carbocycles. The Labute approximate surface area is 118 Å². The molecule has 0 unspecified atom stereocenters. The highest BCUT2D eigenvalue weighted by Gasteiger charge is 2.15. The number of nitrogens with one attached hydrogen (secondary N) is 3. The Bertz CT molecular complexity index is 659. The van der Waals surface area contributed by atoms with Crippen LogP contribution in [0.3, 0.4) is 0 Å². The largest absolute Gasteiger partial charge is 0.363 e. The summed E-state index contributed by atoms with van der Waals surface area (Å²) in [5.41, 5.74) is 1.82. The minimum atomic E-state index is -3.46. The van der Waals surface area contributed by atoms with Gasteiger partial charge in [0, 0.05) is 50.3 Å². The maximum absolute atomic E-state index is 12.1. The van der Waals surface area contributed by atoms with Crippen LogP contribution in [0.5, 0.6) is 0 Å². The molecule has 0 fully saturated rings. The van der Waals surface area contributed by atoms with Gasteiger partial charge in [-0.25, -0.2) is 13.1 Å². The zero-order chi connectivity index (χ0) is 14.6. The molecule has 8 heteroatoms. The van der Waals surface area contributed by atoms with Crippen LogP contribution in [-0.4, -0.2) is 36.8 Å². The zero-order valence-electron chi connectivity index (χ0n) is 11.5. The third kappa shape index (κ3) is 3.47. The second-order valence-corrected chi connectivity index (χ2v) is 6.25. The van der Waals surface area contributed by atoms with Crippen molar-refractivity contribution in [1.29, 1.82) is 0 Å². The SMILES string of the molecule is CNCc1cc(S(=O)(=O)NCCc2ccnn2C)c[nH]1. The highest BCUT2D eigenvalue weighted by molar-refractivity contribution is 7.89. The molecular weight excluding hydrogens is 278 g/mol. The van der Waals surface area contributed by atoms with Crippen LogP contribution < -0.4 is 10.0 Å². The van der Waals surface area contributed by atoms with E-state index in [0.717, 1.165) is 11.4 Å². The van der Waals surface area contributed by atoms with Crippen LogP contribution in [-0.2, 0) is 30.0 Å². The van der Waals surface area contributed by atoms with Crippen molar-refractivity contribution < 1.29 is 8.42 Å². The van der Waals surface area contributed by atoms with Crippen molar-refractivity contribution in [3.05, 3.63) is 35.9 Å². The fraction of sp³-hybridized carbons (Fsp3) is 0.417. The molecule has 2 rings (SSSR count). The van der Waals surface area contributed by atoms with Crippen molar-refractivity contribution in [2.24, 2.45) is 7.05 Å². The Morgan fingerprint density at radius 3 is 2.90 bits per heavy atom. The summed E-state index contributed by atoms with van der Waals surface area (Å²) in [6.45, 7) is 0.943. The number of hydrogen-bond acceptors (Lipinski definition) is 4. The van der Waals surface area contributed by atoms with Crippen molar-refractivity contribution in [3.8, 4) is 0 Å². The summed E-state index contributed by atoms with van der Waals surface area (Å²) in [6.07, 6.45) is 3.79. The lowest BCUT2D eigenvalue weighted by Gasteiger charge is -2.05. The summed E-state index contributed by atoms with van der Waals surface area (Å²) in [7, 11) is 0.178. The smallest absolute Gasteiger partial charge is 0.242 e. The molecule has 0 spiro atoms. The first-order chi connectivity index (χ1) is 9.53. The predicted octanol–water partition coefficient (Wildman–Crippen LogP) is -0.0114. The Morgan fingerprint density at radius 1 is 1.45 bits per heavy atom. The summed E-state index contributed by atoms with van der Waals surface area (Å²) in [5, 5.41) is 7.00. The molecule has 0 saturated heterocycles. The summed E-state index contributed by atoms with van der Waals surface area (Å²) in [6, 6.07) is 3.50. The average molecular weight is 297 g/mol. The van der Waals surface area contributed by atoms with E-state index >= 15 is 0 Å². The zero-order valence-corrected chi connectivity index (χ0v) is 12.4. The van der Waals surface area contributed by atoms with Crippen LogP contribution in [0.2, 0.25) is 0 Å². The number of aryl methyl sites for hydroxylation is 1. The highest BCUT2D eigenvalue weighted by atomic mass is 32.2. The number of nitrogens with zero attached hydrogens (tertiary/aromatic N) is 2. The fourth-order valence-corrected chi connectivity index (χ4v) is 2.96. The van der Waals surface area contributed by atoms with Gasteiger partial charge in [-0.3, -0.25) is 4.68 Å². The number of H-pyrrole nitrogens is 1.